The van der Waals surface area contributed by atoms with E-state index in [2.05, 4.69) is 12.2 Å². The molecule has 0 radical (unpaired) electrons. The second-order valence-corrected chi connectivity index (χ2v) is 9.53. The topological polar surface area (TPSA) is 104 Å². The Bertz CT molecular complexity index is 855. The zero-order chi connectivity index (χ0) is 20.3. The van der Waals surface area contributed by atoms with E-state index >= 15 is 0 Å². The first kappa shape index (κ1) is 20.5. The predicted octanol–water partition coefficient (Wildman–Crippen LogP) is 2.71. The van der Waals surface area contributed by atoms with Gasteiger partial charge in [-0.15, -0.1) is 0 Å². The van der Waals surface area contributed by atoms with E-state index < -0.39 is 27.8 Å². The number of piperidine rings is 1. The molecule has 3 rings (SSSR count). The highest BCUT2D eigenvalue weighted by Gasteiger charge is 2.34. The zero-order valence-corrected chi connectivity index (χ0v) is 16.7. The van der Waals surface area contributed by atoms with Crippen LogP contribution in [0, 0.1) is 17.8 Å². The van der Waals surface area contributed by atoms with E-state index in [1.165, 1.54) is 16.4 Å². The number of allylic oxidation sites excluding steroid dienone is 2. The molecule has 2 atom stereocenters. The number of carbonyl (C=O) groups excluding carboxylic acids is 1. The van der Waals surface area contributed by atoms with E-state index in [4.69, 9.17) is 0 Å². The number of rotatable bonds is 5. The number of nitrogens with zero attached hydrogens (tertiary/aromatic N) is 1. The first-order chi connectivity index (χ1) is 13.3. The highest BCUT2D eigenvalue weighted by atomic mass is 32.2. The van der Waals surface area contributed by atoms with Crippen molar-refractivity contribution < 1.29 is 23.1 Å². The molecule has 1 heterocycles. The van der Waals surface area contributed by atoms with E-state index in [1.54, 1.807) is 18.2 Å². The van der Waals surface area contributed by atoms with Crippen LogP contribution in [0.5, 0.6) is 0 Å². The van der Waals surface area contributed by atoms with Gasteiger partial charge in [0.2, 0.25) is 15.9 Å². The van der Waals surface area contributed by atoms with Crippen LogP contribution in [0.1, 0.15) is 32.6 Å². The molecule has 7 nitrogen and oxygen atoms in total. The van der Waals surface area contributed by atoms with Gasteiger partial charge in [0.1, 0.15) is 0 Å². The molecule has 1 aromatic carbocycles. The summed E-state index contributed by atoms with van der Waals surface area (Å²) in [5.74, 6) is -2.19. The van der Waals surface area contributed by atoms with Gasteiger partial charge >= 0.3 is 5.97 Å². The first-order valence-electron chi connectivity index (χ1n) is 9.58. The third kappa shape index (κ3) is 4.44. The van der Waals surface area contributed by atoms with Gasteiger partial charge in [-0.3, -0.25) is 9.59 Å². The highest BCUT2D eigenvalue weighted by Crippen LogP contribution is 2.28. The van der Waals surface area contributed by atoms with Gasteiger partial charge in [-0.2, -0.15) is 4.31 Å². The van der Waals surface area contributed by atoms with E-state index in [0.717, 1.165) is 12.8 Å². The van der Waals surface area contributed by atoms with E-state index in [1.807, 2.05) is 6.08 Å². The summed E-state index contributed by atoms with van der Waals surface area (Å²) in [7, 11) is -3.54. The lowest BCUT2D eigenvalue weighted by Crippen LogP contribution is -2.37. The number of nitrogens with one attached hydrogen (secondary N) is 1. The fourth-order valence-electron chi connectivity index (χ4n) is 3.70. The SMILES string of the molecule is CC1CCN(S(=O)(=O)c2ccc(NC(=O)[C@@H]3CC=CC[C@H]3C(=O)O)cc2)CC1. The van der Waals surface area contributed by atoms with Gasteiger partial charge < -0.3 is 10.4 Å². The summed E-state index contributed by atoms with van der Waals surface area (Å²) in [6, 6.07) is 6.06. The molecule has 2 aliphatic rings. The summed E-state index contributed by atoms with van der Waals surface area (Å²) < 4.78 is 27.0. The molecule has 0 bridgehead atoms. The normalized spacial score (nSPS) is 24.0. The van der Waals surface area contributed by atoms with Crippen molar-refractivity contribution in [3.63, 3.8) is 0 Å². The molecule has 152 valence electrons. The Morgan fingerprint density at radius 3 is 2.18 bits per heavy atom. The van der Waals surface area contributed by atoms with Crippen LogP contribution in [0.3, 0.4) is 0 Å². The molecule has 1 saturated heterocycles. The molecule has 0 unspecified atom stereocenters. The molecule has 1 aliphatic heterocycles. The monoisotopic (exact) mass is 406 g/mol. The summed E-state index contributed by atoms with van der Waals surface area (Å²) in [5.41, 5.74) is 0.454. The smallest absolute Gasteiger partial charge is 0.307 e. The number of amides is 1. The van der Waals surface area contributed by atoms with E-state index in [9.17, 15) is 23.1 Å². The van der Waals surface area contributed by atoms with Crippen molar-refractivity contribution in [2.45, 2.75) is 37.5 Å². The third-order valence-corrected chi connectivity index (χ3v) is 7.50. The maximum atomic E-state index is 12.8. The lowest BCUT2D eigenvalue weighted by atomic mass is 9.82. The predicted molar refractivity (Wildman–Crippen MR) is 105 cm³/mol. The second-order valence-electron chi connectivity index (χ2n) is 7.59. The van der Waals surface area contributed by atoms with Crippen LogP contribution >= 0.6 is 0 Å². The molecule has 0 saturated carbocycles. The Labute approximate surface area is 165 Å². The molecule has 1 aromatic rings. The standard InChI is InChI=1S/C20H26N2O5S/c1-14-10-12-22(13-11-14)28(26,27)16-8-6-15(7-9-16)21-19(23)17-4-2-3-5-18(17)20(24)25/h2-3,6-9,14,17-18H,4-5,10-13H2,1H3,(H,21,23)(H,24,25)/t17-,18-/m1/s1. The van der Waals surface area contributed by atoms with E-state index in [0.29, 0.717) is 37.5 Å². The molecule has 2 N–H and O–H groups in total. The molecule has 1 amide bonds. The van der Waals surface area contributed by atoms with Crippen LogP contribution in [0.15, 0.2) is 41.3 Å². The average molecular weight is 407 g/mol. The van der Waals surface area contributed by atoms with Gasteiger partial charge in [0.15, 0.2) is 0 Å². The molecule has 28 heavy (non-hydrogen) atoms. The molecule has 1 fully saturated rings. The van der Waals surface area contributed by atoms with Gasteiger partial charge in [-0.05, 0) is 55.9 Å². The fraction of sp³-hybridized carbons (Fsp3) is 0.500. The summed E-state index contributed by atoms with van der Waals surface area (Å²) in [5, 5.41) is 12.0. The molecular weight excluding hydrogens is 380 g/mol. The van der Waals surface area contributed by atoms with Crippen molar-refractivity contribution in [1.82, 2.24) is 4.31 Å². The first-order valence-corrected chi connectivity index (χ1v) is 11.0. The van der Waals surface area contributed by atoms with Gasteiger partial charge in [-0.25, -0.2) is 8.42 Å². The minimum absolute atomic E-state index is 0.198. The van der Waals surface area contributed by atoms with Crippen LogP contribution in [-0.2, 0) is 19.6 Å². The molecule has 0 spiro atoms. The van der Waals surface area contributed by atoms with Crippen molar-refractivity contribution in [2.24, 2.45) is 17.8 Å². The highest BCUT2D eigenvalue weighted by molar-refractivity contribution is 7.89. The number of hydrogen-bond acceptors (Lipinski definition) is 4. The minimum atomic E-state index is -3.54. The number of carbonyl (C=O) groups is 2. The number of sulfonamides is 1. The van der Waals surface area contributed by atoms with E-state index in [-0.39, 0.29) is 10.8 Å². The Morgan fingerprint density at radius 2 is 1.61 bits per heavy atom. The van der Waals surface area contributed by atoms with Gasteiger partial charge in [-0.1, -0.05) is 19.1 Å². The lowest BCUT2D eigenvalue weighted by molar-refractivity contribution is -0.146. The average Bonchev–Trinajstić information content (AvgIpc) is 2.68. The summed E-state index contributed by atoms with van der Waals surface area (Å²) in [6.07, 6.45) is 6.02. The number of anilines is 1. The van der Waals surface area contributed by atoms with Crippen molar-refractivity contribution in [3.05, 3.63) is 36.4 Å². The van der Waals surface area contributed by atoms with Crippen molar-refractivity contribution in [3.8, 4) is 0 Å². The van der Waals surface area contributed by atoms with Crippen LogP contribution in [-0.4, -0.2) is 42.8 Å². The van der Waals surface area contributed by atoms with Crippen LogP contribution < -0.4 is 5.32 Å². The summed E-state index contributed by atoms with van der Waals surface area (Å²) in [4.78, 5) is 24.1. The summed E-state index contributed by atoms with van der Waals surface area (Å²) in [6.45, 7) is 3.17. The second kappa shape index (κ2) is 8.45. The van der Waals surface area contributed by atoms with Crippen LogP contribution in [0.4, 0.5) is 5.69 Å². The Balaban J connectivity index is 1.68. The maximum absolute atomic E-state index is 12.8. The number of benzene rings is 1. The molecule has 0 aromatic heterocycles. The Morgan fingerprint density at radius 1 is 1.04 bits per heavy atom. The van der Waals surface area contributed by atoms with Gasteiger partial charge in [0.25, 0.3) is 0 Å². The van der Waals surface area contributed by atoms with Crippen molar-refractivity contribution in [2.75, 3.05) is 18.4 Å². The minimum Gasteiger partial charge on any atom is -0.481 e. The Kier molecular flexibility index (Phi) is 6.20. The molecule has 8 heteroatoms. The third-order valence-electron chi connectivity index (χ3n) is 5.59. The zero-order valence-electron chi connectivity index (χ0n) is 15.9. The largest absolute Gasteiger partial charge is 0.481 e. The van der Waals surface area contributed by atoms with Crippen LogP contribution in [0.25, 0.3) is 0 Å². The lowest BCUT2D eigenvalue weighted by Gasteiger charge is -2.29. The summed E-state index contributed by atoms with van der Waals surface area (Å²) >= 11 is 0. The Hall–Kier alpha value is -2.19. The quantitative estimate of drug-likeness (QED) is 0.732. The van der Waals surface area contributed by atoms with Crippen LogP contribution in [0.2, 0.25) is 0 Å². The van der Waals surface area contributed by atoms with Crippen molar-refractivity contribution in [1.29, 1.82) is 0 Å². The maximum Gasteiger partial charge on any atom is 0.307 e. The van der Waals surface area contributed by atoms with Gasteiger partial charge in [0, 0.05) is 18.8 Å². The number of aliphatic carboxylic acids is 1. The molecule has 1 aliphatic carbocycles. The van der Waals surface area contributed by atoms with Gasteiger partial charge in [0.05, 0.1) is 16.7 Å². The number of hydrogen-bond donors (Lipinski definition) is 2. The number of carboxylic acid groups (broad SMARTS) is 1. The fourth-order valence-corrected chi connectivity index (χ4v) is 5.17. The number of carboxylic acids is 1. The van der Waals surface area contributed by atoms with Crippen molar-refractivity contribution >= 4 is 27.6 Å². The molecular formula is C20H26N2O5S.